The molecule has 0 aliphatic heterocycles. The van der Waals surface area contributed by atoms with Gasteiger partial charge in [-0.05, 0) is 42.3 Å². The molecule has 0 aliphatic rings. The van der Waals surface area contributed by atoms with Gasteiger partial charge in [-0.15, -0.1) is 0 Å². The predicted octanol–water partition coefficient (Wildman–Crippen LogP) is 2.87. The summed E-state index contributed by atoms with van der Waals surface area (Å²) in [7, 11) is 1.66. The van der Waals surface area contributed by atoms with Gasteiger partial charge in [0, 0.05) is 6.54 Å². The highest BCUT2D eigenvalue weighted by Gasteiger charge is 2.03. The summed E-state index contributed by atoms with van der Waals surface area (Å²) in [5, 5.41) is 12.4. The Balaban J connectivity index is 1.83. The molecule has 0 amide bonds. The summed E-state index contributed by atoms with van der Waals surface area (Å²) < 4.78 is 18.4. The maximum atomic E-state index is 13.2. The molecule has 0 saturated carbocycles. The second-order valence-corrected chi connectivity index (χ2v) is 4.52. The number of phenolic OH excluding ortho intramolecular Hbond substituents is 1. The van der Waals surface area contributed by atoms with E-state index in [1.54, 1.807) is 13.2 Å². The van der Waals surface area contributed by atoms with Crippen LogP contribution in [0.5, 0.6) is 11.5 Å². The Morgan fingerprint density at radius 2 is 2.00 bits per heavy atom. The zero-order valence-corrected chi connectivity index (χ0v) is 11.4. The van der Waals surface area contributed by atoms with E-state index in [2.05, 4.69) is 5.32 Å². The van der Waals surface area contributed by atoms with Crippen LogP contribution in [0.4, 0.5) is 4.39 Å². The average molecular weight is 275 g/mol. The number of para-hydroxylation sites is 1. The number of rotatable bonds is 6. The molecule has 0 aliphatic carbocycles. The number of aromatic hydroxyl groups is 1. The number of phenols is 1. The Morgan fingerprint density at radius 1 is 1.20 bits per heavy atom. The van der Waals surface area contributed by atoms with E-state index in [1.807, 2.05) is 24.3 Å². The van der Waals surface area contributed by atoms with Crippen molar-refractivity contribution in [3.05, 3.63) is 59.4 Å². The highest BCUT2D eigenvalue weighted by molar-refractivity contribution is 5.33. The first-order chi connectivity index (χ1) is 9.70. The summed E-state index contributed by atoms with van der Waals surface area (Å²) >= 11 is 0. The lowest BCUT2D eigenvalue weighted by atomic mass is 10.1. The van der Waals surface area contributed by atoms with Gasteiger partial charge in [-0.25, -0.2) is 4.39 Å². The summed E-state index contributed by atoms with van der Waals surface area (Å²) in [6, 6.07) is 12.3. The molecule has 106 valence electrons. The Bertz CT molecular complexity index is 572. The smallest absolute Gasteiger partial charge is 0.165 e. The molecule has 0 bridgehead atoms. The molecule has 0 unspecified atom stereocenters. The third-order valence-electron chi connectivity index (χ3n) is 3.10. The van der Waals surface area contributed by atoms with Crippen LogP contribution in [0.2, 0.25) is 0 Å². The minimum atomic E-state index is -0.589. The van der Waals surface area contributed by atoms with Crippen LogP contribution in [0.1, 0.15) is 11.1 Å². The number of benzene rings is 2. The van der Waals surface area contributed by atoms with Crippen molar-refractivity contribution >= 4 is 0 Å². The van der Waals surface area contributed by atoms with E-state index in [1.165, 1.54) is 12.1 Å². The van der Waals surface area contributed by atoms with E-state index in [0.717, 1.165) is 29.8 Å². The predicted molar refractivity (Wildman–Crippen MR) is 76.5 cm³/mol. The Labute approximate surface area is 118 Å². The highest BCUT2D eigenvalue weighted by Crippen LogP contribution is 2.18. The van der Waals surface area contributed by atoms with Crippen LogP contribution >= 0.6 is 0 Å². The SMILES string of the molecule is COc1ccccc1CCNCc1ccc(O)c(F)c1. The van der Waals surface area contributed by atoms with E-state index >= 15 is 0 Å². The first-order valence-corrected chi connectivity index (χ1v) is 6.50. The molecule has 20 heavy (non-hydrogen) atoms. The van der Waals surface area contributed by atoms with Crippen molar-refractivity contribution in [3.63, 3.8) is 0 Å². The monoisotopic (exact) mass is 275 g/mol. The van der Waals surface area contributed by atoms with Crippen molar-refractivity contribution in [2.45, 2.75) is 13.0 Å². The van der Waals surface area contributed by atoms with Gasteiger partial charge < -0.3 is 15.2 Å². The fraction of sp³-hybridized carbons (Fsp3) is 0.250. The third-order valence-corrected chi connectivity index (χ3v) is 3.10. The zero-order valence-electron chi connectivity index (χ0n) is 11.4. The highest BCUT2D eigenvalue weighted by atomic mass is 19.1. The molecule has 0 saturated heterocycles. The van der Waals surface area contributed by atoms with Gasteiger partial charge in [-0.3, -0.25) is 0 Å². The summed E-state index contributed by atoms with van der Waals surface area (Å²) in [6.45, 7) is 1.33. The van der Waals surface area contributed by atoms with Crippen molar-refractivity contribution < 1.29 is 14.2 Å². The van der Waals surface area contributed by atoms with E-state index in [4.69, 9.17) is 9.84 Å². The molecule has 4 heteroatoms. The molecule has 0 aromatic heterocycles. The van der Waals surface area contributed by atoms with Gasteiger partial charge in [0.05, 0.1) is 7.11 Å². The molecule has 2 N–H and O–H groups in total. The summed E-state index contributed by atoms with van der Waals surface area (Å²) in [4.78, 5) is 0. The molecule has 0 fully saturated rings. The first-order valence-electron chi connectivity index (χ1n) is 6.50. The normalized spacial score (nSPS) is 10.5. The van der Waals surface area contributed by atoms with Crippen molar-refractivity contribution in [2.75, 3.05) is 13.7 Å². The van der Waals surface area contributed by atoms with Crippen LogP contribution in [0, 0.1) is 5.82 Å². The summed E-state index contributed by atoms with van der Waals surface area (Å²) in [5.74, 6) is -0.0261. The zero-order chi connectivity index (χ0) is 14.4. The molecule has 2 aromatic rings. The Kier molecular flexibility index (Phi) is 4.96. The lowest BCUT2D eigenvalue weighted by Crippen LogP contribution is -2.17. The van der Waals surface area contributed by atoms with Crippen LogP contribution in [-0.4, -0.2) is 18.8 Å². The maximum absolute atomic E-state index is 13.2. The van der Waals surface area contributed by atoms with E-state index < -0.39 is 5.82 Å². The average Bonchev–Trinajstić information content (AvgIpc) is 2.47. The fourth-order valence-corrected chi connectivity index (χ4v) is 2.03. The minimum Gasteiger partial charge on any atom is -0.505 e. The lowest BCUT2D eigenvalue weighted by Gasteiger charge is -2.09. The molecule has 2 aromatic carbocycles. The topological polar surface area (TPSA) is 41.5 Å². The largest absolute Gasteiger partial charge is 0.505 e. The van der Waals surface area contributed by atoms with Crippen LogP contribution in [0.25, 0.3) is 0 Å². The van der Waals surface area contributed by atoms with E-state index in [9.17, 15) is 4.39 Å². The van der Waals surface area contributed by atoms with Gasteiger partial charge >= 0.3 is 0 Å². The molecule has 2 rings (SSSR count). The quantitative estimate of drug-likeness (QED) is 0.797. The number of ether oxygens (including phenoxy) is 1. The van der Waals surface area contributed by atoms with Crippen molar-refractivity contribution in [2.24, 2.45) is 0 Å². The molecule has 3 nitrogen and oxygen atoms in total. The molecule has 0 atom stereocenters. The number of halogens is 1. The fourth-order valence-electron chi connectivity index (χ4n) is 2.03. The van der Waals surface area contributed by atoms with Crippen LogP contribution in [-0.2, 0) is 13.0 Å². The maximum Gasteiger partial charge on any atom is 0.165 e. The van der Waals surface area contributed by atoms with E-state index in [0.29, 0.717) is 6.54 Å². The second kappa shape index (κ2) is 6.91. The first kappa shape index (κ1) is 14.3. The van der Waals surface area contributed by atoms with Crippen LogP contribution in [0.3, 0.4) is 0 Å². The molecular formula is C16H18FNO2. The van der Waals surface area contributed by atoms with Crippen LogP contribution in [0.15, 0.2) is 42.5 Å². The van der Waals surface area contributed by atoms with Gasteiger partial charge in [-0.2, -0.15) is 0 Å². The lowest BCUT2D eigenvalue weighted by molar-refractivity contribution is 0.409. The minimum absolute atomic E-state index is 0.317. The van der Waals surface area contributed by atoms with Crippen molar-refractivity contribution in [1.29, 1.82) is 0 Å². The van der Waals surface area contributed by atoms with Crippen molar-refractivity contribution in [1.82, 2.24) is 5.32 Å². The molecule has 0 heterocycles. The van der Waals surface area contributed by atoms with Crippen molar-refractivity contribution in [3.8, 4) is 11.5 Å². The van der Waals surface area contributed by atoms with Gasteiger partial charge in [0.25, 0.3) is 0 Å². The Hall–Kier alpha value is -2.07. The molecule has 0 radical (unpaired) electrons. The van der Waals surface area contributed by atoms with Gasteiger partial charge in [0.2, 0.25) is 0 Å². The number of nitrogens with one attached hydrogen (secondary N) is 1. The van der Waals surface area contributed by atoms with Gasteiger partial charge in [-0.1, -0.05) is 24.3 Å². The number of methoxy groups -OCH3 is 1. The number of hydrogen-bond acceptors (Lipinski definition) is 3. The van der Waals surface area contributed by atoms with Crippen LogP contribution < -0.4 is 10.1 Å². The van der Waals surface area contributed by atoms with Gasteiger partial charge in [0.1, 0.15) is 5.75 Å². The number of hydrogen-bond donors (Lipinski definition) is 2. The van der Waals surface area contributed by atoms with Gasteiger partial charge in [0.15, 0.2) is 11.6 Å². The van der Waals surface area contributed by atoms with E-state index in [-0.39, 0.29) is 5.75 Å². The second-order valence-electron chi connectivity index (χ2n) is 4.52. The Morgan fingerprint density at radius 3 is 2.75 bits per heavy atom. The summed E-state index contributed by atoms with van der Waals surface area (Å²) in [6.07, 6.45) is 0.838. The standard InChI is InChI=1S/C16H18FNO2/c1-20-16-5-3-2-4-13(16)8-9-18-11-12-6-7-15(19)14(17)10-12/h2-7,10,18-19H,8-9,11H2,1H3. The molecular weight excluding hydrogens is 257 g/mol. The summed E-state index contributed by atoms with van der Waals surface area (Å²) in [5.41, 5.74) is 1.94. The molecule has 0 spiro atoms. The third kappa shape index (κ3) is 3.71.